The van der Waals surface area contributed by atoms with Crippen molar-refractivity contribution in [1.29, 1.82) is 0 Å². The van der Waals surface area contributed by atoms with Crippen LogP contribution >= 0.6 is 0 Å². The van der Waals surface area contributed by atoms with Gasteiger partial charge in [0.1, 0.15) is 47.3 Å². The van der Waals surface area contributed by atoms with Crippen molar-refractivity contribution in [2.24, 2.45) is 0 Å². The van der Waals surface area contributed by atoms with E-state index in [4.69, 9.17) is 39.7 Å². The zero-order valence-electron chi connectivity index (χ0n) is 43.7. The Hall–Kier alpha value is -3.08. The molecule has 0 saturated carbocycles. The third kappa shape index (κ3) is 112. The fourth-order valence-electron chi connectivity index (χ4n) is 2.49. The molecule has 0 spiro atoms. The fourth-order valence-corrected chi connectivity index (χ4v) is 2.49. The zero-order valence-corrected chi connectivity index (χ0v) is 45.0. The minimum absolute atomic E-state index is 0. The van der Waals surface area contributed by atoms with Gasteiger partial charge in [-0.1, -0.05) is 6.92 Å². The van der Waals surface area contributed by atoms with Gasteiger partial charge >= 0.3 is 117 Å². The molecule has 22 nitrogen and oxygen atoms in total. The van der Waals surface area contributed by atoms with Gasteiger partial charge in [0, 0.05) is 6.61 Å². The van der Waals surface area contributed by atoms with Crippen LogP contribution in [-0.2, 0) is 71.6 Å². The number of carbonyl (C=O) groups excluding carboxylic acids is 7. The summed E-state index contributed by atoms with van der Waals surface area (Å²) in [5.41, 5.74) is -3.08. The summed E-state index contributed by atoms with van der Waals surface area (Å²) >= 11 is 0. The standard InChI is InChI=1S/5C7H12O4.C2H6O.C2H5O.3Mg.3H/c5*1-7(2,3)11-6(10)4-5(8)9;2*1-2-3;;;;;;/h5*4H2,1-3H3,(H,8,9);3H,2H2,1H3;2H2,1H3;;;;;;/q;;;;;;-1;3*+2;3*-1/p-2. The van der Waals surface area contributed by atoms with E-state index >= 15 is 0 Å². The summed E-state index contributed by atoms with van der Waals surface area (Å²) in [4.78, 5) is 103. The van der Waals surface area contributed by atoms with Crippen molar-refractivity contribution in [3.8, 4) is 0 Å². The van der Waals surface area contributed by atoms with E-state index in [1.807, 2.05) is 0 Å². The van der Waals surface area contributed by atoms with E-state index < -0.39 is 120 Å². The zero-order chi connectivity index (χ0) is 50.8. The van der Waals surface area contributed by atoms with Gasteiger partial charge in [-0.15, -0.1) is 6.61 Å². The number of hydrogen-bond acceptors (Lipinski definition) is 19. The maximum Gasteiger partial charge on any atom is 2.00 e. The Morgan fingerprint density at radius 1 is 0.391 bits per heavy atom. The first-order chi connectivity index (χ1) is 26.9. The van der Waals surface area contributed by atoms with E-state index in [1.165, 1.54) is 0 Å². The van der Waals surface area contributed by atoms with Crippen LogP contribution in [0.15, 0.2) is 0 Å². The van der Waals surface area contributed by atoms with Crippen molar-refractivity contribution < 1.29 is 112 Å². The first-order valence-electron chi connectivity index (χ1n) is 18.2. The molecule has 0 aromatic heterocycles. The molecule has 0 bridgehead atoms. The topological polar surface area (TPSA) is 367 Å². The van der Waals surface area contributed by atoms with Crippen molar-refractivity contribution in [3.05, 3.63) is 0 Å². The number of carboxylic acid groups (broad SMARTS) is 5. The Balaban J connectivity index is -0.0000000469. The van der Waals surface area contributed by atoms with Gasteiger partial charge in [0.2, 0.25) is 0 Å². The van der Waals surface area contributed by atoms with Crippen molar-refractivity contribution in [1.82, 2.24) is 0 Å². The molecular weight excluding hydrogens is 893 g/mol. The largest absolute Gasteiger partial charge is 2.00 e. The summed E-state index contributed by atoms with van der Waals surface area (Å²) in [7, 11) is 0. The van der Waals surface area contributed by atoms with Crippen LogP contribution in [-0.4, -0.2) is 190 Å². The molecule has 0 aromatic rings. The number of aliphatic hydroxyl groups is 1. The van der Waals surface area contributed by atoms with Crippen LogP contribution in [0.2, 0.25) is 0 Å². The summed E-state index contributed by atoms with van der Waals surface area (Å²) in [5.74, 6) is -9.98. The predicted molar refractivity (Wildman–Crippen MR) is 229 cm³/mol. The molecule has 4 N–H and O–H groups in total. The van der Waals surface area contributed by atoms with Crippen molar-refractivity contribution >= 4 is 129 Å². The van der Waals surface area contributed by atoms with Gasteiger partial charge in [0.05, 0.1) is 24.8 Å². The van der Waals surface area contributed by atoms with Gasteiger partial charge in [-0.3, -0.25) is 38.4 Å². The number of hydrogen-bond donors (Lipinski definition) is 4. The average Bonchev–Trinajstić information content (AvgIpc) is 2.87. The van der Waals surface area contributed by atoms with Crippen molar-refractivity contribution in [3.63, 3.8) is 0 Å². The van der Waals surface area contributed by atoms with Crippen molar-refractivity contribution in [2.45, 2.75) is 178 Å². The van der Waals surface area contributed by atoms with Crippen LogP contribution in [0.3, 0.4) is 0 Å². The molecular formula is C39H72Mg3O22. The second-order valence-corrected chi connectivity index (χ2v) is 16.3. The molecule has 0 amide bonds. The van der Waals surface area contributed by atoms with E-state index in [0.717, 1.165) is 0 Å². The molecule has 0 fully saturated rings. The van der Waals surface area contributed by atoms with Crippen molar-refractivity contribution in [2.75, 3.05) is 13.2 Å². The van der Waals surface area contributed by atoms with Crippen LogP contribution in [0.5, 0.6) is 0 Å². The monoisotopic (exact) mass is 964 g/mol. The van der Waals surface area contributed by atoms with Gasteiger partial charge in [-0.2, -0.15) is 0 Å². The van der Waals surface area contributed by atoms with Gasteiger partial charge in [0.15, 0.2) is 0 Å². The van der Waals surface area contributed by atoms with Gasteiger partial charge in [-0.25, -0.2) is 0 Å². The van der Waals surface area contributed by atoms with Gasteiger partial charge in [-0.05, 0) is 111 Å². The normalized spacial score (nSPS) is 9.86. The SMILES string of the molecule is CC(C)(C)OC(=O)CC(=O)O.CC(C)(C)OC(=O)CC(=O)O.CC(C)(C)OC(=O)CC(=O)O.CC(C)(C)OC(=O)CC(=O)[O-].CC(C)(C)OC(=O)CC(=O)[O-].CCO.CC[O-].[H-].[H-].[H-].[Mg+2].[Mg+2].[Mg+2]. The van der Waals surface area contributed by atoms with E-state index in [1.54, 1.807) is 118 Å². The number of rotatable bonds is 10. The molecule has 366 valence electrons. The molecule has 0 aliphatic carbocycles. The van der Waals surface area contributed by atoms with E-state index in [2.05, 4.69) is 9.47 Å². The second-order valence-electron chi connectivity index (χ2n) is 16.3. The Morgan fingerprint density at radius 2 is 0.500 bits per heavy atom. The minimum atomic E-state index is -1.42. The summed E-state index contributed by atoms with van der Waals surface area (Å²) < 4.78 is 23.6. The molecule has 25 heteroatoms. The molecule has 0 aliphatic rings. The summed E-state index contributed by atoms with van der Waals surface area (Å²) in [6, 6.07) is 0. The number of carboxylic acids is 5. The smallest absolute Gasteiger partial charge is 1.00 e. The van der Waals surface area contributed by atoms with Crippen LogP contribution in [0.25, 0.3) is 0 Å². The maximum absolute atomic E-state index is 10.7. The molecule has 0 aromatic carbocycles. The van der Waals surface area contributed by atoms with Crippen LogP contribution in [0, 0.1) is 0 Å². The number of carbonyl (C=O) groups is 10. The van der Waals surface area contributed by atoms with Gasteiger partial charge in [0.25, 0.3) is 0 Å². The quantitative estimate of drug-likeness (QED) is 0.0961. The Labute approximate surface area is 429 Å². The molecule has 0 aliphatic heterocycles. The van der Waals surface area contributed by atoms with Gasteiger partial charge < -0.3 is 73.3 Å². The third-order valence-corrected chi connectivity index (χ3v) is 3.56. The summed E-state index contributed by atoms with van der Waals surface area (Å²) in [6.07, 6.45) is -3.08. The molecule has 0 radical (unpaired) electrons. The maximum atomic E-state index is 10.7. The molecule has 0 atom stereocenters. The van der Waals surface area contributed by atoms with E-state index in [9.17, 15) is 58.2 Å². The molecule has 0 rings (SSSR count). The van der Waals surface area contributed by atoms with Crippen LogP contribution < -0.4 is 15.3 Å². The first-order valence-corrected chi connectivity index (χ1v) is 18.2. The molecule has 64 heavy (non-hydrogen) atoms. The van der Waals surface area contributed by atoms with E-state index in [0.29, 0.717) is 0 Å². The second kappa shape index (κ2) is 43.8. The number of esters is 5. The van der Waals surface area contributed by atoms with Crippen LogP contribution in [0.4, 0.5) is 0 Å². The molecule has 0 saturated heterocycles. The summed E-state index contributed by atoms with van der Waals surface area (Å²) in [6.45, 7) is 28.7. The Morgan fingerprint density at radius 3 is 0.578 bits per heavy atom. The molecule has 0 unspecified atom stereocenters. The fraction of sp³-hybridized carbons (Fsp3) is 0.744. The first kappa shape index (κ1) is 84.4. The minimum Gasteiger partial charge on any atom is -1.00 e. The number of aliphatic carboxylic acids is 5. The van der Waals surface area contributed by atoms with E-state index in [-0.39, 0.29) is 86.7 Å². The average molecular weight is 966 g/mol. The number of ether oxygens (including phenoxy) is 5. The van der Waals surface area contributed by atoms with Crippen LogP contribution in [0.1, 0.15) is 154 Å². The Bertz CT molecular complexity index is 1130. The predicted octanol–water partition coefficient (Wildman–Crippen LogP) is -0.0951. The summed E-state index contributed by atoms with van der Waals surface area (Å²) in [5, 5.41) is 60.8. The number of aliphatic hydroxyl groups excluding tert-OH is 1. The third-order valence-electron chi connectivity index (χ3n) is 3.56. The molecule has 0 heterocycles. The Kier molecular flexibility index (Phi) is 57.7.